The van der Waals surface area contributed by atoms with Crippen molar-refractivity contribution in [3.05, 3.63) is 0 Å². The van der Waals surface area contributed by atoms with Crippen LogP contribution in [0.25, 0.3) is 0 Å². The maximum absolute atomic E-state index is 12.8. The van der Waals surface area contributed by atoms with Crippen LogP contribution >= 0.6 is 0 Å². The van der Waals surface area contributed by atoms with Crippen molar-refractivity contribution in [2.75, 3.05) is 0 Å². The van der Waals surface area contributed by atoms with Crippen molar-refractivity contribution < 1.29 is 27.9 Å². The molecule has 2 N–H and O–H groups in total. The van der Waals surface area contributed by atoms with Gasteiger partial charge in [-0.15, -0.1) is 0 Å². The molecule has 7 heteroatoms. The molecule has 0 aliphatic rings. The molecule has 0 aromatic heterocycles. The average Bonchev–Trinajstić information content (AvgIpc) is 1.97. The van der Waals surface area contributed by atoms with Crippen molar-refractivity contribution in [1.29, 1.82) is 0 Å². The van der Waals surface area contributed by atoms with Gasteiger partial charge in [0.2, 0.25) is 11.4 Å². The minimum absolute atomic E-state index is 0.524. The Morgan fingerprint density at radius 2 is 1.75 bits per heavy atom. The van der Waals surface area contributed by atoms with E-state index in [-0.39, 0.29) is 0 Å². The van der Waals surface area contributed by atoms with Crippen LogP contribution < -0.4 is 5.32 Å². The van der Waals surface area contributed by atoms with Crippen molar-refractivity contribution in [2.45, 2.75) is 38.9 Å². The molecule has 0 aromatic rings. The molecule has 0 aromatic carbocycles. The molecule has 0 aliphatic heterocycles. The van der Waals surface area contributed by atoms with E-state index in [2.05, 4.69) is 0 Å². The molecule has 0 saturated heterocycles. The highest BCUT2D eigenvalue weighted by Crippen LogP contribution is 2.35. The normalized spacial score (nSPS) is 15.7. The fraction of sp³-hybridized carbons (Fsp3) is 0.778. The standard InChI is InChI=1S/C9H14F3NO3/c1-5(2)4-8(7(15)16,9(10,11)12)13-6(3)14/h5H,4H2,1-3H3,(H,13,14)(H,15,16). The number of nitrogens with one attached hydrogen (secondary N) is 1. The summed E-state index contributed by atoms with van der Waals surface area (Å²) in [7, 11) is 0. The zero-order chi connectivity index (χ0) is 13.1. The molecule has 0 aliphatic carbocycles. The molecule has 1 unspecified atom stereocenters. The maximum atomic E-state index is 12.8. The van der Waals surface area contributed by atoms with Gasteiger partial charge in [-0.3, -0.25) is 4.79 Å². The minimum atomic E-state index is -5.03. The summed E-state index contributed by atoms with van der Waals surface area (Å²) < 4.78 is 38.3. The van der Waals surface area contributed by atoms with Crippen LogP contribution in [0.1, 0.15) is 27.2 Å². The number of carboxylic acids is 1. The molecule has 0 spiro atoms. The topological polar surface area (TPSA) is 66.4 Å². The van der Waals surface area contributed by atoms with E-state index in [4.69, 9.17) is 5.11 Å². The van der Waals surface area contributed by atoms with Gasteiger partial charge in [0.1, 0.15) is 0 Å². The van der Waals surface area contributed by atoms with E-state index in [0.717, 1.165) is 6.92 Å². The maximum Gasteiger partial charge on any atom is 0.422 e. The van der Waals surface area contributed by atoms with E-state index in [1.54, 1.807) is 0 Å². The number of hydrogen-bond acceptors (Lipinski definition) is 2. The van der Waals surface area contributed by atoms with Crippen LogP contribution in [0.2, 0.25) is 0 Å². The van der Waals surface area contributed by atoms with Crippen molar-refractivity contribution in [3.63, 3.8) is 0 Å². The summed E-state index contributed by atoms with van der Waals surface area (Å²) in [5, 5.41) is 10.2. The van der Waals surface area contributed by atoms with Crippen LogP contribution in [0.3, 0.4) is 0 Å². The lowest BCUT2D eigenvalue weighted by Gasteiger charge is -2.33. The predicted octanol–water partition coefficient (Wildman–Crippen LogP) is 1.55. The first-order valence-electron chi connectivity index (χ1n) is 4.62. The molecule has 1 atom stereocenters. The Balaban J connectivity index is 5.40. The summed E-state index contributed by atoms with van der Waals surface area (Å²) in [4.78, 5) is 21.5. The van der Waals surface area contributed by atoms with Gasteiger partial charge in [-0.1, -0.05) is 13.8 Å². The second-order valence-electron chi connectivity index (χ2n) is 3.99. The Bertz CT molecular complexity index is 288. The zero-order valence-corrected chi connectivity index (χ0v) is 9.18. The van der Waals surface area contributed by atoms with Gasteiger partial charge in [-0.05, 0) is 12.3 Å². The Morgan fingerprint density at radius 3 is 1.94 bits per heavy atom. The molecule has 4 nitrogen and oxygen atoms in total. The largest absolute Gasteiger partial charge is 0.479 e. The van der Waals surface area contributed by atoms with Gasteiger partial charge in [0, 0.05) is 6.92 Å². The highest BCUT2D eigenvalue weighted by molar-refractivity contribution is 5.86. The summed E-state index contributed by atoms with van der Waals surface area (Å²) in [6.07, 6.45) is -5.74. The fourth-order valence-corrected chi connectivity index (χ4v) is 1.41. The summed E-state index contributed by atoms with van der Waals surface area (Å²) in [5.74, 6) is -3.64. The third kappa shape index (κ3) is 3.11. The Kier molecular flexibility index (Phi) is 4.34. The van der Waals surface area contributed by atoms with E-state index in [1.807, 2.05) is 0 Å². The Hall–Kier alpha value is -1.27. The monoisotopic (exact) mass is 241 g/mol. The number of aliphatic carboxylic acids is 1. The van der Waals surface area contributed by atoms with Crippen molar-refractivity contribution in [3.8, 4) is 0 Å². The van der Waals surface area contributed by atoms with E-state index < -0.39 is 35.9 Å². The van der Waals surface area contributed by atoms with Crippen LogP contribution in [-0.4, -0.2) is 28.7 Å². The van der Waals surface area contributed by atoms with Gasteiger partial charge in [0.25, 0.3) is 0 Å². The van der Waals surface area contributed by atoms with Gasteiger partial charge in [0.15, 0.2) is 0 Å². The summed E-state index contributed by atoms with van der Waals surface area (Å²) in [6.45, 7) is 3.75. The molecule has 16 heavy (non-hydrogen) atoms. The minimum Gasteiger partial charge on any atom is -0.479 e. The number of amides is 1. The van der Waals surface area contributed by atoms with E-state index >= 15 is 0 Å². The van der Waals surface area contributed by atoms with Crippen LogP contribution in [0.5, 0.6) is 0 Å². The van der Waals surface area contributed by atoms with E-state index in [1.165, 1.54) is 19.2 Å². The number of rotatable bonds is 4. The Morgan fingerprint density at radius 1 is 1.31 bits per heavy atom. The van der Waals surface area contributed by atoms with E-state index in [0.29, 0.717) is 0 Å². The van der Waals surface area contributed by atoms with Crippen molar-refractivity contribution >= 4 is 11.9 Å². The SMILES string of the molecule is CC(=O)NC(CC(C)C)(C(=O)O)C(F)(F)F. The van der Waals surface area contributed by atoms with Crippen LogP contribution in [-0.2, 0) is 9.59 Å². The molecule has 0 radical (unpaired) electrons. The first-order valence-corrected chi connectivity index (χ1v) is 4.62. The van der Waals surface area contributed by atoms with Crippen LogP contribution in [0.15, 0.2) is 0 Å². The smallest absolute Gasteiger partial charge is 0.422 e. The lowest BCUT2D eigenvalue weighted by Crippen LogP contribution is -2.64. The first-order chi connectivity index (χ1) is 7.03. The van der Waals surface area contributed by atoms with Gasteiger partial charge in [-0.2, -0.15) is 13.2 Å². The molecule has 0 fully saturated rings. The highest BCUT2D eigenvalue weighted by atomic mass is 19.4. The van der Waals surface area contributed by atoms with Gasteiger partial charge < -0.3 is 10.4 Å². The lowest BCUT2D eigenvalue weighted by atomic mass is 9.88. The second kappa shape index (κ2) is 4.71. The fourth-order valence-electron chi connectivity index (χ4n) is 1.41. The second-order valence-corrected chi connectivity index (χ2v) is 3.99. The van der Waals surface area contributed by atoms with Gasteiger partial charge in [-0.25, -0.2) is 4.79 Å². The summed E-state index contributed by atoms with van der Waals surface area (Å²) in [5.41, 5.74) is -3.20. The molecular weight excluding hydrogens is 227 g/mol. The van der Waals surface area contributed by atoms with E-state index in [9.17, 15) is 22.8 Å². The van der Waals surface area contributed by atoms with Crippen LogP contribution in [0, 0.1) is 5.92 Å². The van der Waals surface area contributed by atoms with Crippen molar-refractivity contribution in [2.24, 2.45) is 5.92 Å². The van der Waals surface area contributed by atoms with Gasteiger partial charge in [0.05, 0.1) is 0 Å². The Labute approximate surface area is 90.8 Å². The third-order valence-corrected chi connectivity index (χ3v) is 1.95. The number of carbonyl (C=O) groups excluding carboxylic acids is 1. The zero-order valence-electron chi connectivity index (χ0n) is 9.18. The molecule has 0 bridgehead atoms. The number of alkyl halides is 3. The van der Waals surface area contributed by atoms with Crippen molar-refractivity contribution in [1.82, 2.24) is 5.32 Å². The number of carboxylic acid groups (broad SMARTS) is 1. The summed E-state index contributed by atoms with van der Waals surface area (Å²) >= 11 is 0. The van der Waals surface area contributed by atoms with Crippen LogP contribution in [0.4, 0.5) is 13.2 Å². The third-order valence-electron chi connectivity index (χ3n) is 1.95. The molecular formula is C9H14F3NO3. The number of halogens is 3. The quantitative estimate of drug-likeness (QED) is 0.784. The highest BCUT2D eigenvalue weighted by Gasteiger charge is 2.61. The molecule has 0 heterocycles. The summed E-state index contributed by atoms with van der Waals surface area (Å²) in [6, 6.07) is 0. The number of hydrogen-bond donors (Lipinski definition) is 2. The molecule has 0 rings (SSSR count). The lowest BCUT2D eigenvalue weighted by molar-refractivity contribution is -0.214. The molecule has 0 saturated carbocycles. The first kappa shape index (κ1) is 14.7. The predicted molar refractivity (Wildman–Crippen MR) is 49.7 cm³/mol. The number of carbonyl (C=O) groups is 2. The molecule has 94 valence electrons. The average molecular weight is 241 g/mol. The van der Waals surface area contributed by atoms with Gasteiger partial charge >= 0.3 is 12.1 Å². The molecule has 1 amide bonds.